The topological polar surface area (TPSA) is 18.5 Å². The lowest BCUT2D eigenvalue weighted by molar-refractivity contribution is 0.194. The first-order valence-electron chi connectivity index (χ1n) is 6.15. The van der Waals surface area contributed by atoms with Gasteiger partial charge in [-0.2, -0.15) is 0 Å². The lowest BCUT2D eigenvalue weighted by atomic mass is 10.1. The van der Waals surface area contributed by atoms with E-state index < -0.39 is 0 Å². The van der Waals surface area contributed by atoms with Gasteiger partial charge in [0.05, 0.1) is 0 Å². The van der Waals surface area contributed by atoms with Crippen molar-refractivity contribution in [3.63, 3.8) is 0 Å². The minimum Gasteiger partial charge on any atom is -0.314 e. The van der Waals surface area contributed by atoms with Gasteiger partial charge in [-0.05, 0) is 13.3 Å². The van der Waals surface area contributed by atoms with E-state index in [-0.39, 0.29) is 0 Å². The fourth-order valence-electron chi connectivity index (χ4n) is 2.23. The standard InChI is InChI=1S/C12H23N3/c1-12-2-6-14(7-3-12)10-11-15-8-4-13-5-9-15/h2,13H,3-11H2,1H3. The van der Waals surface area contributed by atoms with Crippen LogP contribution in [-0.4, -0.2) is 62.2 Å². The third kappa shape index (κ3) is 3.59. The van der Waals surface area contributed by atoms with Crippen LogP contribution in [0, 0.1) is 0 Å². The molecular weight excluding hydrogens is 186 g/mol. The molecule has 86 valence electrons. The number of nitrogens with one attached hydrogen (secondary N) is 1. The molecular formula is C12H23N3. The van der Waals surface area contributed by atoms with Gasteiger partial charge >= 0.3 is 0 Å². The average Bonchev–Trinajstić information content (AvgIpc) is 2.30. The van der Waals surface area contributed by atoms with E-state index in [1.54, 1.807) is 5.57 Å². The van der Waals surface area contributed by atoms with Gasteiger partial charge in [-0.15, -0.1) is 0 Å². The predicted molar refractivity (Wildman–Crippen MR) is 64.1 cm³/mol. The SMILES string of the molecule is CC1=CCN(CCN2CCNCC2)CC1. The van der Waals surface area contributed by atoms with Crippen molar-refractivity contribution in [3.05, 3.63) is 11.6 Å². The maximum atomic E-state index is 3.39. The summed E-state index contributed by atoms with van der Waals surface area (Å²) >= 11 is 0. The molecule has 0 saturated carbocycles. The van der Waals surface area contributed by atoms with Crippen molar-refractivity contribution in [2.45, 2.75) is 13.3 Å². The Morgan fingerprint density at radius 2 is 1.87 bits per heavy atom. The number of piperazine rings is 1. The van der Waals surface area contributed by atoms with Gasteiger partial charge in [0.25, 0.3) is 0 Å². The molecule has 0 aromatic heterocycles. The highest BCUT2D eigenvalue weighted by atomic mass is 15.2. The van der Waals surface area contributed by atoms with Gasteiger partial charge in [-0.3, -0.25) is 9.80 Å². The van der Waals surface area contributed by atoms with Crippen LogP contribution in [0.2, 0.25) is 0 Å². The minimum atomic E-state index is 1.16. The summed E-state index contributed by atoms with van der Waals surface area (Å²) in [6, 6.07) is 0. The van der Waals surface area contributed by atoms with E-state index in [2.05, 4.69) is 28.1 Å². The summed E-state index contributed by atoms with van der Waals surface area (Å²) in [6.07, 6.45) is 3.64. The number of hydrogen-bond acceptors (Lipinski definition) is 3. The minimum absolute atomic E-state index is 1.16. The second kappa shape index (κ2) is 5.64. The highest BCUT2D eigenvalue weighted by Gasteiger charge is 2.12. The molecule has 0 unspecified atom stereocenters. The molecule has 2 rings (SSSR count). The number of hydrogen-bond donors (Lipinski definition) is 1. The van der Waals surface area contributed by atoms with Crippen LogP contribution in [0.25, 0.3) is 0 Å². The molecule has 1 saturated heterocycles. The molecule has 0 atom stereocenters. The molecule has 0 aromatic rings. The van der Waals surface area contributed by atoms with Gasteiger partial charge < -0.3 is 5.32 Å². The molecule has 1 N–H and O–H groups in total. The van der Waals surface area contributed by atoms with Gasteiger partial charge in [-0.25, -0.2) is 0 Å². The zero-order valence-corrected chi connectivity index (χ0v) is 9.84. The van der Waals surface area contributed by atoms with Gasteiger partial charge in [-0.1, -0.05) is 11.6 Å². The van der Waals surface area contributed by atoms with E-state index in [0.29, 0.717) is 0 Å². The van der Waals surface area contributed by atoms with Crippen LogP contribution < -0.4 is 5.32 Å². The van der Waals surface area contributed by atoms with E-state index in [9.17, 15) is 0 Å². The van der Waals surface area contributed by atoms with Crippen LogP contribution >= 0.6 is 0 Å². The van der Waals surface area contributed by atoms with Crippen LogP contribution in [0.5, 0.6) is 0 Å². The van der Waals surface area contributed by atoms with Crippen molar-refractivity contribution >= 4 is 0 Å². The summed E-state index contributed by atoms with van der Waals surface area (Å²) in [4.78, 5) is 5.14. The molecule has 0 amide bonds. The Bertz CT molecular complexity index is 219. The fourth-order valence-corrected chi connectivity index (χ4v) is 2.23. The van der Waals surface area contributed by atoms with E-state index in [1.165, 1.54) is 52.2 Å². The fraction of sp³-hybridized carbons (Fsp3) is 0.833. The number of rotatable bonds is 3. The zero-order valence-electron chi connectivity index (χ0n) is 9.84. The zero-order chi connectivity index (χ0) is 10.5. The molecule has 15 heavy (non-hydrogen) atoms. The molecule has 0 spiro atoms. The van der Waals surface area contributed by atoms with Gasteiger partial charge in [0.1, 0.15) is 0 Å². The molecule has 0 radical (unpaired) electrons. The third-order valence-electron chi connectivity index (χ3n) is 3.46. The lowest BCUT2D eigenvalue weighted by Gasteiger charge is -2.31. The van der Waals surface area contributed by atoms with E-state index in [0.717, 1.165) is 6.54 Å². The van der Waals surface area contributed by atoms with Crippen molar-refractivity contribution in [2.24, 2.45) is 0 Å². The second-order valence-corrected chi connectivity index (χ2v) is 4.69. The molecule has 0 aromatic carbocycles. The van der Waals surface area contributed by atoms with Crippen LogP contribution in [0.1, 0.15) is 13.3 Å². The largest absolute Gasteiger partial charge is 0.314 e. The molecule has 2 heterocycles. The maximum absolute atomic E-state index is 3.39. The Balaban J connectivity index is 1.65. The molecule has 2 aliphatic rings. The quantitative estimate of drug-likeness (QED) is 0.685. The number of nitrogens with zero attached hydrogens (tertiary/aromatic N) is 2. The average molecular weight is 209 g/mol. The van der Waals surface area contributed by atoms with Gasteiger partial charge in [0.15, 0.2) is 0 Å². The van der Waals surface area contributed by atoms with Crippen LogP contribution in [0.4, 0.5) is 0 Å². The molecule has 3 heteroatoms. The normalized spacial score (nSPS) is 25.3. The first kappa shape index (κ1) is 11.1. The van der Waals surface area contributed by atoms with Gasteiger partial charge in [0, 0.05) is 52.4 Å². The van der Waals surface area contributed by atoms with Crippen LogP contribution in [-0.2, 0) is 0 Å². The van der Waals surface area contributed by atoms with Crippen molar-refractivity contribution in [3.8, 4) is 0 Å². The van der Waals surface area contributed by atoms with Crippen molar-refractivity contribution < 1.29 is 0 Å². The van der Waals surface area contributed by atoms with Crippen LogP contribution in [0.3, 0.4) is 0 Å². The smallest absolute Gasteiger partial charge is 0.0166 e. The molecule has 0 aliphatic carbocycles. The first-order chi connectivity index (χ1) is 7.34. The van der Waals surface area contributed by atoms with E-state index in [4.69, 9.17) is 0 Å². The van der Waals surface area contributed by atoms with Crippen molar-refractivity contribution in [1.82, 2.24) is 15.1 Å². The van der Waals surface area contributed by atoms with E-state index >= 15 is 0 Å². The predicted octanol–water partition coefficient (Wildman–Crippen LogP) is 0.544. The van der Waals surface area contributed by atoms with Crippen molar-refractivity contribution in [2.75, 3.05) is 52.4 Å². The Hall–Kier alpha value is -0.380. The molecule has 0 bridgehead atoms. The maximum Gasteiger partial charge on any atom is 0.0166 e. The molecule has 3 nitrogen and oxygen atoms in total. The monoisotopic (exact) mass is 209 g/mol. The summed E-state index contributed by atoms with van der Waals surface area (Å²) in [7, 11) is 0. The first-order valence-corrected chi connectivity index (χ1v) is 6.15. The van der Waals surface area contributed by atoms with Gasteiger partial charge in [0.2, 0.25) is 0 Å². The Morgan fingerprint density at radius 3 is 2.53 bits per heavy atom. The summed E-state index contributed by atoms with van der Waals surface area (Å²) < 4.78 is 0. The third-order valence-corrected chi connectivity index (χ3v) is 3.46. The highest BCUT2D eigenvalue weighted by Crippen LogP contribution is 2.09. The molecule has 1 fully saturated rings. The summed E-state index contributed by atoms with van der Waals surface area (Å²) in [6.45, 7) is 11.9. The second-order valence-electron chi connectivity index (χ2n) is 4.69. The molecule has 2 aliphatic heterocycles. The van der Waals surface area contributed by atoms with E-state index in [1.807, 2.05) is 0 Å². The summed E-state index contributed by atoms with van der Waals surface area (Å²) in [5, 5.41) is 3.39. The van der Waals surface area contributed by atoms with Crippen LogP contribution in [0.15, 0.2) is 11.6 Å². The highest BCUT2D eigenvalue weighted by molar-refractivity contribution is 5.03. The Labute approximate surface area is 93.1 Å². The Kier molecular flexibility index (Phi) is 4.18. The van der Waals surface area contributed by atoms with Crippen molar-refractivity contribution in [1.29, 1.82) is 0 Å². The summed E-state index contributed by atoms with van der Waals surface area (Å²) in [5.74, 6) is 0. The summed E-state index contributed by atoms with van der Waals surface area (Å²) in [5.41, 5.74) is 1.56. The lowest BCUT2D eigenvalue weighted by Crippen LogP contribution is -2.46. The Morgan fingerprint density at radius 1 is 1.13 bits per heavy atom.